The van der Waals surface area contributed by atoms with Gasteiger partial charge < -0.3 is 44.3 Å². The number of carbonyl (C=O) groups is 5. The Kier molecular flexibility index (Phi) is 20.5. The van der Waals surface area contributed by atoms with E-state index in [0.29, 0.717) is 86.3 Å². The van der Waals surface area contributed by atoms with E-state index in [1.807, 2.05) is 51.1 Å². The second kappa shape index (κ2) is 27.4. The third kappa shape index (κ3) is 16.1. The number of pyridine rings is 1. The lowest BCUT2D eigenvalue weighted by Crippen LogP contribution is -2.52. The van der Waals surface area contributed by atoms with Gasteiger partial charge in [0, 0.05) is 81.0 Å². The Hall–Kier alpha value is -6.20. The number of ether oxygens (including phenoxy) is 4. The van der Waals surface area contributed by atoms with Crippen molar-refractivity contribution >= 4 is 41.0 Å². The smallest absolute Gasteiger partial charge is 0.308 e. The first-order chi connectivity index (χ1) is 35.7. The number of amides is 4. The summed E-state index contributed by atoms with van der Waals surface area (Å²) in [5, 5.41) is 6.38. The van der Waals surface area contributed by atoms with Crippen LogP contribution in [0.1, 0.15) is 127 Å². The molecule has 1 aromatic heterocycles. The maximum atomic E-state index is 14.1. The number of benzene rings is 3. The van der Waals surface area contributed by atoms with Crippen LogP contribution in [0.15, 0.2) is 85.1 Å². The lowest BCUT2D eigenvalue weighted by molar-refractivity contribution is -0.156. The summed E-state index contributed by atoms with van der Waals surface area (Å²) >= 11 is 0. The fourth-order valence-corrected chi connectivity index (χ4v) is 9.85. The molecule has 2 aliphatic heterocycles. The molecule has 2 fully saturated rings. The van der Waals surface area contributed by atoms with Gasteiger partial charge in [-0.15, -0.1) is 0 Å². The van der Waals surface area contributed by atoms with Gasteiger partial charge in [0.1, 0.15) is 5.60 Å². The van der Waals surface area contributed by atoms with E-state index in [2.05, 4.69) is 32.6 Å². The van der Waals surface area contributed by atoms with Crippen LogP contribution < -0.4 is 15.5 Å². The topological polar surface area (TPSA) is 172 Å². The summed E-state index contributed by atoms with van der Waals surface area (Å²) in [6, 6.07) is 24.1. The number of carbonyl (C=O) groups excluding carboxylic acids is 5. The van der Waals surface area contributed by atoms with Crippen LogP contribution in [0.5, 0.6) is 0 Å². The van der Waals surface area contributed by atoms with Gasteiger partial charge in [0.15, 0.2) is 0 Å². The number of anilines is 2. The average Bonchev–Trinajstić information content (AvgIpc) is 3.41. The molecule has 0 spiro atoms. The Labute approximate surface area is 437 Å². The lowest BCUT2D eigenvalue weighted by Gasteiger charge is -2.37. The molecule has 398 valence electrons. The first kappa shape index (κ1) is 55.5. The third-order valence-electron chi connectivity index (χ3n) is 13.8. The zero-order valence-corrected chi connectivity index (χ0v) is 44.2. The maximum Gasteiger partial charge on any atom is 0.308 e. The molecule has 3 aliphatic rings. The van der Waals surface area contributed by atoms with Gasteiger partial charge >= 0.3 is 5.97 Å². The number of aryl methyl sites for hydroxylation is 1. The van der Waals surface area contributed by atoms with Crippen molar-refractivity contribution in [1.82, 2.24) is 25.0 Å². The van der Waals surface area contributed by atoms with E-state index >= 15 is 0 Å². The highest BCUT2D eigenvalue weighted by Gasteiger charge is 2.31. The van der Waals surface area contributed by atoms with Crippen molar-refractivity contribution in [3.63, 3.8) is 0 Å². The van der Waals surface area contributed by atoms with Crippen LogP contribution in [0.2, 0.25) is 0 Å². The zero-order chi connectivity index (χ0) is 52.5. The molecule has 1 aliphatic carbocycles. The van der Waals surface area contributed by atoms with Gasteiger partial charge in [0.05, 0.1) is 69.5 Å². The third-order valence-corrected chi connectivity index (χ3v) is 13.8. The minimum atomic E-state index is -0.515. The molecule has 2 N–H and O–H groups in total. The fraction of sp³-hybridized carbons (Fsp3) is 0.517. The summed E-state index contributed by atoms with van der Waals surface area (Å²) < 4.78 is 22.0. The van der Waals surface area contributed by atoms with Crippen LogP contribution in [-0.2, 0) is 35.0 Å². The number of likely N-dealkylation sites (N-methyl/N-ethyl adjacent to an activating group) is 2. The molecule has 7 rings (SSSR count). The molecule has 0 unspecified atom stereocenters. The molecule has 0 bridgehead atoms. The van der Waals surface area contributed by atoms with Crippen molar-refractivity contribution in [2.75, 3.05) is 103 Å². The summed E-state index contributed by atoms with van der Waals surface area (Å²) in [7, 11) is 3.54. The molecule has 2 saturated heterocycles. The quantitative estimate of drug-likeness (QED) is 0.0544. The standard InChI is InChI=1S/C58H77N7O9/c1-58(2,3)74-53(66)25-33-71-35-37-73-38-36-72-34-32-63(5)57(70)52-21-9-12-29-65(52)31-30-62(4)56(69)45-18-13-17-43(39-45)54(67)61-50-23-22-46(64-27-10-6-11-28-64)41-48(50)51-40-44(24-26-59-51)55(68)60-49-20-14-16-42-15-7-8-19-47(42)49/h7-8,13,15,17-19,22-24,26,39-41,49,52H,6,9-12,14,16,20-21,25,27-38H2,1-5H3,(H,60,68)(H,61,67)/t49-,52-/m0/s1. The molecule has 2 atom stereocenters. The lowest BCUT2D eigenvalue weighted by atomic mass is 9.87. The van der Waals surface area contributed by atoms with Crippen LogP contribution in [0.25, 0.3) is 11.3 Å². The van der Waals surface area contributed by atoms with Gasteiger partial charge in [0.25, 0.3) is 17.7 Å². The molecule has 3 aromatic carbocycles. The van der Waals surface area contributed by atoms with Crippen LogP contribution >= 0.6 is 0 Å². The number of hydrogen-bond acceptors (Lipinski definition) is 12. The Morgan fingerprint density at radius 2 is 1.41 bits per heavy atom. The number of aromatic nitrogens is 1. The van der Waals surface area contributed by atoms with Crippen molar-refractivity contribution < 1.29 is 42.9 Å². The summed E-state index contributed by atoms with van der Waals surface area (Å²) in [5.74, 6) is -1.06. The molecular formula is C58H77N7O9. The highest BCUT2D eigenvalue weighted by Crippen LogP contribution is 2.34. The Bertz CT molecular complexity index is 2520. The van der Waals surface area contributed by atoms with E-state index in [-0.39, 0.29) is 54.7 Å². The van der Waals surface area contributed by atoms with Crippen LogP contribution in [0, 0.1) is 0 Å². The number of fused-ring (bicyclic) bond motifs is 1. The molecule has 3 heterocycles. The highest BCUT2D eigenvalue weighted by molar-refractivity contribution is 6.08. The van der Waals surface area contributed by atoms with Crippen molar-refractivity contribution in [2.45, 2.75) is 103 Å². The summed E-state index contributed by atoms with van der Waals surface area (Å²) in [6.45, 7) is 11.6. The van der Waals surface area contributed by atoms with Crippen molar-refractivity contribution in [3.8, 4) is 11.3 Å². The molecular weight excluding hydrogens is 939 g/mol. The predicted molar refractivity (Wildman–Crippen MR) is 286 cm³/mol. The second-order valence-electron chi connectivity index (χ2n) is 20.6. The summed E-state index contributed by atoms with van der Waals surface area (Å²) in [4.78, 5) is 79.9. The number of nitrogens with one attached hydrogen (secondary N) is 2. The highest BCUT2D eigenvalue weighted by atomic mass is 16.6. The molecule has 0 saturated carbocycles. The second-order valence-corrected chi connectivity index (χ2v) is 20.6. The molecule has 74 heavy (non-hydrogen) atoms. The van der Waals surface area contributed by atoms with E-state index in [0.717, 1.165) is 82.3 Å². The fourth-order valence-electron chi connectivity index (χ4n) is 9.85. The average molecular weight is 1020 g/mol. The summed E-state index contributed by atoms with van der Waals surface area (Å²) in [5.41, 5.74) is 5.91. The van der Waals surface area contributed by atoms with Gasteiger partial charge in [-0.3, -0.25) is 33.9 Å². The van der Waals surface area contributed by atoms with Gasteiger partial charge in [-0.2, -0.15) is 0 Å². The van der Waals surface area contributed by atoms with Gasteiger partial charge in [-0.1, -0.05) is 36.8 Å². The monoisotopic (exact) mass is 1020 g/mol. The van der Waals surface area contributed by atoms with Crippen molar-refractivity contribution in [3.05, 3.63) is 113 Å². The van der Waals surface area contributed by atoms with E-state index in [4.69, 9.17) is 23.9 Å². The SMILES string of the molecule is CN(CCN1CCCC[C@H]1C(=O)N(C)CCOCCOCCOCCC(=O)OC(C)(C)C)C(=O)c1cccc(C(=O)Nc2ccc(N3CCCCC3)cc2-c2cc(C(=O)N[C@H]3CCCc4ccccc43)ccn2)c1. The van der Waals surface area contributed by atoms with Gasteiger partial charge in [-0.05, 0) is 138 Å². The normalized spacial score (nSPS) is 17.0. The molecule has 0 radical (unpaired) electrons. The van der Waals surface area contributed by atoms with Crippen LogP contribution in [0.4, 0.5) is 11.4 Å². The number of nitrogens with zero attached hydrogens (tertiary/aromatic N) is 5. The number of esters is 1. The van der Waals surface area contributed by atoms with Gasteiger partial charge in [-0.25, -0.2) is 0 Å². The molecule has 4 amide bonds. The number of piperidine rings is 2. The van der Waals surface area contributed by atoms with E-state index < -0.39 is 5.60 Å². The number of hydrogen-bond donors (Lipinski definition) is 2. The molecule has 16 heteroatoms. The van der Waals surface area contributed by atoms with Crippen LogP contribution in [-0.4, -0.2) is 154 Å². The largest absolute Gasteiger partial charge is 0.460 e. The molecule has 16 nitrogen and oxygen atoms in total. The van der Waals surface area contributed by atoms with E-state index in [1.165, 1.54) is 12.0 Å². The Morgan fingerprint density at radius 1 is 0.689 bits per heavy atom. The Balaban J connectivity index is 0.905. The van der Waals surface area contributed by atoms with Gasteiger partial charge in [0.2, 0.25) is 5.91 Å². The van der Waals surface area contributed by atoms with Crippen molar-refractivity contribution in [1.29, 1.82) is 0 Å². The number of likely N-dealkylation sites (tertiary alicyclic amines) is 1. The van der Waals surface area contributed by atoms with Crippen LogP contribution in [0.3, 0.4) is 0 Å². The Morgan fingerprint density at radius 3 is 2.19 bits per heavy atom. The minimum Gasteiger partial charge on any atom is -0.460 e. The zero-order valence-electron chi connectivity index (χ0n) is 44.2. The molecule has 4 aromatic rings. The predicted octanol–water partition coefficient (Wildman–Crippen LogP) is 7.97. The van der Waals surface area contributed by atoms with E-state index in [9.17, 15) is 24.0 Å². The van der Waals surface area contributed by atoms with Crippen molar-refractivity contribution in [2.24, 2.45) is 0 Å². The maximum absolute atomic E-state index is 14.1. The first-order valence-electron chi connectivity index (χ1n) is 26.6. The first-order valence-corrected chi connectivity index (χ1v) is 26.6. The summed E-state index contributed by atoms with van der Waals surface area (Å²) in [6.07, 6.45) is 10.8. The van der Waals surface area contributed by atoms with E-state index in [1.54, 1.807) is 66.5 Å². The minimum absolute atomic E-state index is 0.0280. The number of rotatable bonds is 23.